The van der Waals surface area contributed by atoms with Crippen LogP contribution in [0.3, 0.4) is 0 Å². The lowest BCUT2D eigenvalue weighted by Crippen LogP contribution is -2.61. The minimum absolute atomic E-state index is 0.0215. The van der Waals surface area contributed by atoms with E-state index in [1.807, 2.05) is 6.07 Å². The smallest absolute Gasteiger partial charge is 0.246 e. The van der Waals surface area contributed by atoms with Gasteiger partial charge in [-0.15, -0.1) is 5.10 Å². The fourth-order valence-corrected chi connectivity index (χ4v) is 16.1. The van der Waals surface area contributed by atoms with E-state index in [9.17, 15) is 72.9 Å². The number of guanidine groups is 1. The molecule has 49 heteroatoms. The molecule has 2 saturated heterocycles. The first-order valence-electron chi connectivity index (χ1n) is 49.3. The molecule has 2 aromatic carbocycles. The topological polar surface area (TPSA) is 743 Å². The Hall–Kier alpha value is -13.2. The molecule has 0 spiro atoms. The number of H-pyrrole nitrogens is 3. The predicted molar refractivity (Wildman–Crippen MR) is 518 cm³/mol. The number of para-hydroxylation sites is 1. The lowest BCUT2D eigenvalue weighted by Gasteiger charge is -2.31. The van der Waals surface area contributed by atoms with E-state index in [1.165, 1.54) is 70.3 Å². The number of aromatic amines is 3. The monoisotopic (exact) mass is 2010 g/mol. The van der Waals surface area contributed by atoms with E-state index in [1.54, 1.807) is 61.7 Å². The zero-order chi connectivity index (χ0) is 103. The van der Waals surface area contributed by atoms with Crippen molar-refractivity contribution in [3.8, 4) is 0 Å². The second-order valence-corrected chi connectivity index (χ2v) is 35.3. The van der Waals surface area contributed by atoms with Gasteiger partial charge in [-0.3, -0.25) is 82.1 Å². The maximum atomic E-state index is 15.4. The van der Waals surface area contributed by atoms with Gasteiger partial charge < -0.3 is 141 Å². The number of primary amides is 2. The van der Waals surface area contributed by atoms with Gasteiger partial charge >= 0.3 is 0 Å². The number of ether oxygens (including phenoxy) is 4. The number of benzene rings is 2. The van der Waals surface area contributed by atoms with Crippen LogP contribution in [-0.4, -0.2) is 328 Å². The van der Waals surface area contributed by atoms with Crippen molar-refractivity contribution < 1.29 is 111 Å². The zero-order valence-corrected chi connectivity index (χ0v) is 81.4. The molecular weight excluding hydrogens is 1860 g/mol. The number of aromatic nitrogens is 7. The molecule has 0 bridgehead atoms. The van der Waals surface area contributed by atoms with Crippen molar-refractivity contribution in [2.75, 3.05) is 98.8 Å². The van der Waals surface area contributed by atoms with Gasteiger partial charge in [-0.25, -0.2) is 10.1 Å². The van der Waals surface area contributed by atoms with Crippen molar-refractivity contribution >= 4 is 111 Å². The van der Waals surface area contributed by atoms with Crippen LogP contribution in [0.1, 0.15) is 203 Å². The molecule has 49 nitrogen and oxygen atoms in total. The summed E-state index contributed by atoms with van der Waals surface area (Å²) in [5.41, 5.74) is 18.9. The predicted octanol–water partition coefficient (Wildman–Crippen LogP) is -3.49. The van der Waals surface area contributed by atoms with Gasteiger partial charge in [0.1, 0.15) is 85.5 Å². The number of amides is 16. The summed E-state index contributed by atoms with van der Waals surface area (Å²) in [7, 11) is 0. The second kappa shape index (κ2) is 66.5. The number of fused-ring (bicyclic) bond motifs is 2. The number of hydrogen-bond acceptors (Lipinski definition) is 28. The highest BCUT2D eigenvalue weighted by molar-refractivity contribution is 6.00. The fraction of sp³-hybridized carbons (Fsp3) is 0.628. The summed E-state index contributed by atoms with van der Waals surface area (Å²) in [4.78, 5) is 235. The SMILES string of the molecule is CCCC[C@H](NC(=O)[C@H](Cc1c[nH]cn1)NC(=O)[C@H](CO)NC(=O)[C@@H](CCC(N)=O)NC(=O)[C@H](CO)NC(=O)COCCOCCNC(=O)COCCOCCNC(=O)CCCCCCCCCCCCCCCc1nnn[nH]1)C(=O)N[C@H]1CCC(=O)NCCCC[C@@H](C(N)=O)NC(=O)[C@H](Cc2c[nH]c3ccccc23)NC(=O)[C@H](CCCNC(=N)N)NC(=O)[C@@H](Cc2ccccc2)NC(=O)C2C[C@@H](O)CN2C1=O. The number of tetrazole rings is 1. The molecule has 3 aromatic heterocycles. The summed E-state index contributed by atoms with van der Waals surface area (Å²) in [5.74, 6) is -13.6. The average molecular weight is 2010 g/mol. The van der Waals surface area contributed by atoms with Crippen molar-refractivity contribution in [3.63, 3.8) is 0 Å². The minimum Gasteiger partial charge on any atom is -0.394 e. The number of aliphatic hydroxyl groups excluding tert-OH is 3. The van der Waals surface area contributed by atoms with E-state index in [0.717, 1.165) is 42.8 Å². The van der Waals surface area contributed by atoms with Crippen LogP contribution in [0, 0.1) is 5.41 Å². The molecule has 5 heterocycles. The summed E-state index contributed by atoms with van der Waals surface area (Å²) in [5, 5.41) is 91.1. The molecule has 2 aliphatic heterocycles. The molecule has 143 heavy (non-hydrogen) atoms. The molecule has 12 atom stereocenters. The first-order valence-corrected chi connectivity index (χ1v) is 49.3. The Balaban J connectivity index is 0.903. The van der Waals surface area contributed by atoms with Crippen LogP contribution in [0.25, 0.3) is 10.9 Å². The Morgan fingerprint density at radius 3 is 1.77 bits per heavy atom. The van der Waals surface area contributed by atoms with Crippen molar-refractivity contribution in [2.24, 2.45) is 17.2 Å². The van der Waals surface area contributed by atoms with Gasteiger partial charge in [0.25, 0.3) is 0 Å². The number of hydrogen-bond donors (Lipinski definition) is 24. The van der Waals surface area contributed by atoms with Crippen LogP contribution < -0.4 is 91.6 Å². The molecule has 2 fully saturated rings. The third-order valence-electron chi connectivity index (χ3n) is 23.9. The van der Waals surface area contributed by atoms with Crippen LogP contribution in [0.15, 0.2) is 73.3 Å². The number of nitrogens with two attached hydrogens (primary N) is 3. The molecule has 16 amide bonds. The molecule has 0 saturated carbocycles. The highest BCUT2D eigenvalue weighted by Crippen LogP contribution is 2.24. The van der Waals surface area contributed by atoms with Gasteiger partial charge in [-0.1, -0.05) is 139 Å². The van der Waals surface area contributed by atoms with E-state index >= 15 is 19.2 Å². The Kier molecular flexibility index (Phi) is 54.3. The van der Waals surface area contributed by atoms with Crippen LogP contribution >= 0.6 is 0 Å². The number of unbranched alkanes of at least 4 members (excludes halogenated alkanes) is 13. The van der Waals surface area contributed by atoms with Crippen LogP contribution in [-0.2, 0) is 121 Å². The summed E-state index contributed by atoms with van der Waals surface area (Å²) >= 11 is 0. The summed E-state index contributed by atoms with van der Waals surface area (Å²) < 4.78 is 21.7. The quantitative estimate of drug-likeness (QED) is 0.0102. The van der Waals surface area contributed by atoms with Gasteiger partial charge in [-0.05, 0) is 91.8 Å². The minimum atomic E-state index is -1.94. The van der Waals surface area contributed by atoms with Gasteiger partial charge in [0.15, 0.2) is 5.96 Å². The van der Waals surface area contributed by atoms with Crippen LogP contribution in [0.4, 0.5) is 0 Å². The third kappa shape index (κ3) is 45.3. The second-order valence-electron chi connectivity index (χ2n) is 35.3. The Morgan fingerprint density at radius 1 is 0.559 bits per heavy atom. The lowest BCUT2D eigenvalue weighted by atomic mass is 10.0. The number of aliphatic hydroxyl groups is 3. The summed E-state index contributed by atoms with van der Waals surface area (Å²) in [6.45, 7) is -0.817. The van der Waals surface area contributed by atoms with E-state index in [-0.39, 0.29) is 141 Å². The highest BCUT2D eigenvalue weighted by Gasteiger charge is 2.44. The Bertz CT molecular complexity index is 4790. The van der Waals surface area contributed by atoms with Crippen molar-refractivity contribution in [1.82, 2.24) is 115 Å². The average Bonchev–Trinajstić information content (AvgIpc) is 1.67. The largest absolute Gasteiger partial charge is 0.394 e. The van der Waals surface area contributed by atoms with Crippen LogP contribution in [0.5, 0.6) is 0 Å². The number of rotatable bonds is 62. The molecule has 1 unspecified atom stereocenters. The maximum absolute atomic E-state index is 15.4. The van der Waals surface area contributed by atoms with Crippen molar-refractivity contribution in [3.05, 3.63) is 96.0 Å². The third-order valence-corrected chi connectivity index (χ3v) is 23.9. The summed E-state index contributed by atoms with van der Waals surface area (Å²) in [6.07, 6.45) is 17.1. The van der Waals surface area contributed by atoms with Gasteiger partial charge in [0.2, 0.25) is 94.5 Å². The number of imidazole rings is 1. The molecule has 2 aliphatic rings. The first kappa shape index (κ1) is 117. The number of nitrogens with zero attached hydrogens (tertiary/aromatic N) is 5. The van der Waals surface area contributed by atoms with Gasteiger partial charge in [-0.2, -0.15) is 0 Å². The molecule has 5 aromatic rings. The molecule has 27 N–H and O–H groups in total. The summed E-state index contributed by atoms with van der Waals surface area (Å²) in [6, 6.07) is -2.12. The fourth-order valence-electron chi connectivity index (χ4n) is 16.1. The highest BCUT2D eigenvalue weighted by atomic mass is 16.5. The Morgan fingerprint density at radius 2 is 1.13 bits per heavy atom. The van der Waals surface area contributed by atoms with E-state index in [2.05, 4.69) is 110 Å². The van der Waals surface area contributed by atoms with Crippen molar-refractivity contribution in [1.29, 1.82) is 5.41 Å². The Labute approximate surface area is 829 Å². The molecule has 0 radical (unpaired) electrons. The number of aryl methyl sites for hydroxylation is 1. The number of nitrogens with one attached hydrogen (secondary N) is 18. The standard InChI is InChI=1S/C94H146N26O23/c1-2-3-28-67(84(130)111-70-35-37-80(126)100-38-23-22-30-66(83(96)129)107-88(134)72(49-61-52-104-65-29-21-20-27-64(61)65)112-85(131)68(31-24-39-103-94(97)98)109-87(133)71(48-60-25-16-15-17-26-60)114-92(138)76-51-63(123)54-120(76)93(70)139)108-89(135)73(50-62-53-99-59-105-62)113-91(137)75(56-122)115-86(132)69(34-36-77(95)124)110-90(136)74(55-121)106-82(128)58-143-47-45-141-43-41-102-81(127)57-142-46-44-140-42-40-101-79(125)33-19-14-12-10-8-6-4-5-7-9-11-13-18-32-78-116-118-119-117-78/h15-17,20-21,25-27,29,52-53,59,63,66-76,104,121-123H,2-14,18-19,22-24,28,30-51,54-58H2,1H3,(H2,95,124)(H2,96,129)(H,99,105)(H,100,126)(H,101,125)(H,102,127)(H,106,128)(H,107,134)(H,108,135)(H,109,133)(H,110,136)(H,111,130)(H,112,131)(H,113,137)(H,114,138)(H,115,132)(H4,97,98,103)(H,116,117,118,119)/t63-,66+,67+,68+,69-,70+,71-,72+,73+,74+,75+,76?/m1/s1. The maximum Gasteiger partial charge on any atom is 0.246 e. The molecular formula is C94H146N26O23. The van der Waals surface area contributed by atoms with Crippen LogP contribution in [0.2, 0.25) is 0 Å². The lowest BCUT2D eigenvalue weighted by molar-refractivity contribution is -0.143. The van der Waals surface area contributed by atoms with Crippen molar-refractivity contribution in [2.45, 2.75) is 279 Å². The van der Waals surface area contributed by atoms with E-state index in [4.69, 9.17) is 41.6 Å². The zero-order valence-electron chi connectivity index (χ0n) is 81.4. The molecule has 0 aliphatic carbocycles. The van der Waals surface area contributed by atoms with E-state index < -0.39 is 226 Å². The number of carbonyl (C=O) groups excluding carboxylic acids is 16. The molecule has 790 valence electrons. The normalized spacial score (nSPS) is 18.4. The van der Waals surface area contributed by atoms with E-state index in [0.29, 0.717) is 41.4 Å². The first-order chi connectivity index (χ1) is 69.0. The van der Waals surface area contributed by atoms with Gasteiger partial charge in [0, 0.05) is 107 Å². The number of carbonyl (C=O) groups is 16. The molecule has 7 rings (SSSR count). The van der Waals surface area contributed by atoms with Gasteiger partial charge in [0.05, 0.1) is 71.0 Å².